The summed E-state index contributed by atoms with van der Waals surface area (Å²) in [6.45, 7) is 4.82. The van der Waals surface area contributed by atoms with Crippen LogP contribution in [0.2, 0.25) is 0 Å². The molecule has 2 aromatic heterocycles. The number of anilines is 2. The van der Waals surface area contributed by atoms with E-state index in [1.165, 1.54) is 18.5 Å². The van der Waals surface area contributed by atoms with Gasteiger partial charge in [-0.3, -0.25) is 0 Å². The Hall–Kier alpha value is -3.44. The summed E-state index contributed by atoms with van der Waals surface area (Å²) in [5.74, 6) is -0.634. The van der Waals surface area contributed by atoms with E-state index in [1.807, 2.05) is 20.8 Å². The molecule has 33 heavy (non-hydrogen) atoms. The van der Waals surface area contributed by atoms with Gasteiger partial charge in [-0.1, -0.05) is 20.8 Å². The van der Waals surface area contributed by atoms with Crippen LogP contribution in [0.15, 0.2) is 28.9 Å². The lowest BCUT2D eigenvalue weighted by Gasteiger charge is -2.07. The Balaban J connectivity index is 0.000000820. The fourth-order valence-electron chi connectivity index (χ4n) is 2.52. The summed E-state index contributed by atoms with van der Waals surface area (Å²) >= 11 is 0. The number of alkyl halides is 3. The molecule has 0 unspecified atom stereocenters. The molecule has 12 heteroatoms. The molecule has 0 radical (unpaired) electrons. The second kappa shape index (κ2) is 13.9. The zero-order chi connectivity index (χ0) is 25.0. The minimum Gasteiger partial charge on any atom is -0.456 e. The van der Waals surface area contributed by atoms with Crippen molar-refractivity contribution in [2.24, 2.45) is 0 Å². The Labute approximate surface area is 187 Å². The molecule has 182 valence electrons. The number of fused-ring (bicyclic) bond motifs is 1. The number of urea groups is 1. The molecule has 7 nitrogen and oxygen atoms in total. The summed E-state index contributed by atoms with van der Waals surface area (Å²) in [5, 5.41) is 8.56. The van der Waals surface area contributed by atoms with Gasteiger partial charge < -0.3 is 20.4 Å². The number of nitrogens with one attached hydrogen (secondary N) is 3. The van der Waals surface area contributed by atoms with Gasteiger partial charge in [0.05, 0.1) is 24.6 Å². The van der Waals surface area contributed by atoms with E-state index >= 15 is 0 Å². The van der Waals surface area contributed by atoms with Crippen molar-refractivity contribution < 1.29 is 31.2 Å². The lowest BCUT2D eigenvalue weighted by Crippen LogP contribution is -2.28. The number of hydrogen-bond acceptors (Lipinski definition) is 5. The zero-order valence-corrected chi connectivity index (χ0v) is 18.6. The predicted octanol–water partition coefficient (Wildman–Crippen LogP) is 6.16. The average molecular weight is 475 g/mol. The van der Waals surface area contributed by atoms with Gasteiger partial charge in [-0.05, 0) is 19.4 Å². The van der Waals surface area contributed by atoms with Crippen LogP contribution in [0.4, 0.5) is 38.4 Å². The molecule has 0 aliphatic heterocycles. The highest BCUT2D eigenvalue weighted by Crippen LogP contribution is 2.28. The van der Waals surface area contributed by atoms with Crippen LogP contribution in [0.5, 0.6) is 0 Å². The number of hydrogen-bond donors (Lipinski definition) is 3. The molecular formula is C21H26F5N5O2. The Morgan fingerprint density at radius 1 is 1.12 bits per heavy atom. The molecule has 3 aromatic rings. The molecule has 2 amide bonds. The summed E-state index contributed by atoms with van der Waals surface area (Å²) in [7, 11) is 0. The first-order valence-corrected chi connectivity index (χ1v) is 10.1. The topological polar surface area (TPSA) is 92.1 Å². The third-order valence-electron chi connectivity index (χ3n) is 3.91. The Kier molecular flexibility index (Phi) is 11.6. The Morgan fingerprint density at radius 3 is 2.30 bits per heavy atom. The molecule has 3 rings (SSSR count). The summed E-state index contributed by atoms with van der Waals surface area (Å²) in [6.07, 6.45) is 3.91. The van der Waals surface area contributed by atoms with Crippen LogP contribution >= 0.6 is 0 Å². The third kappa shape index (κ3) is 8.91. The maximum absolute atomic E-state index is 13.8. The van der Waals surface area contributed by atoms with Crippen molar-refractivity contribution in [2.45, 2.75) is 47.3 Å². The van der Waals surface area contributed by atoms with Gasteiger partial charge >= 0.3 is 12.7 Å². The summed E-state index contributed by atoms with van der Waals surface area (Å²) < 4.78 is 61.6. The Morgan fingerprint density at radius 2 is 1.73 bits per heavy atom. The standard InChI is InChI=1S/C18H19F2N5O2.C2H6.CHF3/c1-3-4-21-17-22-7-12(8-23-17)25-18(26)24-9-15-10(2)13-5-11(19)6-14(20)16(13)27-15;1-2;2-1(3)4/h5-8H,3-4,9H2,1-2H3,(H,21,22,23)(H2,24,25,26);1-2H3;1H. The van der Waals surface area contributed by atoms with Crippen molar-refractivity contribution in [3.63, 3.8) is 0 Å². The number of aryl methyl sites for hydroxylation is 1. The molecular weight excluding hydrogens is 449 g/mol. The smallest absolute Gasteiger partial charge is 0.379 e. The number of benzene rings is 1. The molecule has 0 bridgehead atoms. The maximum Gasteiger partial charge on any atom is 0.379 e. The number of rotatable bonds is 6. The number of furan rings is 1. The van der Waals surface area contributed by atoms with Gasteiger partial charge in [0, 0.05) is 23.6 Å². The predicted molar refractivity (Wildman–Crippen MR) is 116 cm³/mol. The molecule has 1 aromatic carbocycles. The van der Waals surface area contributed by atoms with Gasteiger partial charge in [0.15, 0.2) is 11.4 Å². The van der Waals surface area contributed by atoms with Crippen LogP contribution in [0.3, 0.4) is 0 Å². The van der Waals surface area contributed by atoms with Gasteiger partial charge in [-0.2, -0.15) is 13.2 Å². The first kappa shape index (κ1) is 27.6. The minimum atomic E-state index is -3.67. The molecule has 0 saturated heterocycles. The van der Waals surface area contributed by atoms with Crippen molar-refractivity contribution in [1.82, 2.24) is 15.3 Å². The fraction of sp³-hybridized carbons (Fsp3) is 0.381. The molecule has 0 aliphatic carbocycles. The van der Waals surface area contributed by atoms with Gasteiger partial charge in [-0.15, -0.1) is 0 Å². The van der Waals surface area contributed by atoms with Gasteiger partial charge in [0.2, 0.25) is 5.95 Å². The summed E-state index contributed by atoms with van der Waals surface area (Å²) in [4.78, 5) is 20.2. The fourth-order valence-corrected chi connectivity index (χ4v) is 2.52. The second-order valence-corrected chi connectivity index (χ2v) is 6.19. The SMILES string of the molecule is CC.CCCNc1ncc(NC(=O)NCc2oc3c(F)cc(F)cc3c2C)cn1.FC(F)F. The van der Waals surface area contributed by atoms with E-state index in [0.29, 0.717) is 28.3 Å². The van der Waals surface area contributed by atoms with Crippen molar-refractivity contribution >= 4 is 28.6 Å². The van der Waals surface area contributed by atoms with Crippen molar-refractivity contribution in [3.8, 4) is 0 Å². The summed E-state index contributed by atoms with van der Waals surface area (Å²) in [5.41, 5.74) is 0.956. The van der Waals surface area contributed by atoms with Crippen LogP contribution in [-0.2, 0) is 6.54 Å². The number of halogens is 5. The maximum atomic E-state index is 13.8. The number of carbonyl (C=O) groups is 1. The van der Waals surface area contributed by atoms with E-state index < -0.39 is 24.3 Å². The number of amides is 2. The highest BCUT2D eigenvalue weighted by atomic mass is 19.4. The van der Waals surface area contributed by atoms with Crippen molar-refractivity contribution in [1.29, 1.82) is 0 Å². The monoisotopic (exact) mass is 475 g/mol. The molecule has 0 aliphatic rings. The van der Waals surface area contributed by atoms with Crippen LogP contribution in [0.25, 0.3) is 11.0 Å². The number of carbonyl (C=O) groups excluding carboxylic acids is 1. The summed E-state index contributed by atoms with van der Waals surface area (Å²) in [6, 6.07) is 1.46. The van der Waals surface area contributed by atoms with E-state index in [9.17, 15) is 26.7 Å². The van der Waals surface area contributed by atoms with E-state index in [0.717, 1.165) is 19.0 Å². The van der Waals surface area contributed by atoms with E-state index in [4.69, 9.17) is 4.42 Å². The first-order chi connectivity index (χ1) is 15.7. The normalized spacial score (nSPS) is 10.1. The zero-order valence-electron chi connectivity index (χ0n) is 18.6. The van der Waals surface area contributed by atoms with Gasteiger partial charge in [-0.25, -0.2) is 23.5 Å². The third-order valence-corrected chi connectivity index (χ3v) is 3.91. The van der Waals surface area contributed by atoms with E-state index in [2.05, 4.69) is 25.9 Å². The van der Waals surface area contributed by atoms with Gasteiger partial charge in [0.25, 0.3) is 0 Å². The van der Waals surface area contributed by atoms with Crippen molar-refractivity contribution in [2.75, 3.05) is 17.2 Å². The van der Waals surface area contributed by atoms with Crippen LogP contribution in [-0.4, -0.2) is 29.2 Å². The largest absolute Gasteiger partial charge is 0.456 e. The highest BCUT2D eigenvalue weighted by Gasteiger charge is 2.16. The minimum absolute atomic E-state index is 0.0183. The quantitative estimate of drug-likeness (QED) is 0.372. The van der Waals surface area contributed by atoms with Gasteiger partial charge in [0.1, 0.15) is 11.6 Å². The molecule has 0 fully saturated rings. The van der Waals surface area contributed by atoms with E-state index in [1.54, 1.807) is 6.92 Å². The second-order valence-electron chi connectivity index (χ2n) is 6.19. The molecule has 0 atom stereocenters. The van der Waals surface area contributed by atoms with Crippen LogP contribution < -0.4 is 16.0 Å². The lowest BCUT2D eigenvalue weighted by atomic mass is 10.1. The lowest BCUT2D eigenvalue weighted by molar-refractivity contribution is 0.00819. The van der Waals surface area contributed by atoms with Crippen LogP contribution in [0.1, 0.15) is 38.5 Å². The van der Waals surface area contributed by atoms with Crippen molar-refractivity contribution in [3.05, 3.63) is 47.5 Å². The van der Waals surface area contributed by atoms with Crippen LogP contribution in [0, 0.1) is 18.6 Å². The van der Waals surface area contributed by atoms with E-state index in [-0.39, 0.29) is 12.1 Å². The molecule has 2 heterocycles. The first-order valence-electron chi connectivity index (χ1n) is 10.1. The molecule has 0 saturated carbocycles. The molecule has 3 N–H and O–H groups in total. The number of aromatic nitrogens is 2. The molecule has 0 spiro atoms. The average Bonchev–Trinajstić information content (AvgIpc) is 3.09. The highest BCUT2D eigenvalue weighted by molar-refractivity contribution is 5.89. The number of nitrogens with zero attached hydrogens (tertiary/aromatic N) is 2. The Bertz CT molecular complexity index is 1010.